The Morgan fingerprint density at radius 2 is 1.76 bits per heavy atom. The van der Waals surface area contributed by atoms with Gasteiger partial charge in [-0.15, -0.1) is 0 Å². The fourth-order valence-electron chi connectivity index (χ4n) is 3.47. The lowest BCUT2D eigenvalue weighted by atomic mass is 9.92. The number of carbonyl (C=O) groups is 2. The zero-order chi connectivity index (χ0) is 21.6. The Kier molecular flexibility index (Phi) is 5.66. The Hall–Kier alpha value is -2.13. The van der Waals surface area contributed by atoms with Crippen molar-refractivity contribution in [2.24, 2.45) is 0 Å². The number of anilines is 1. The second-order valence-electron chi connectivity index (χ2n) is 8.52. The standard InChI is InChI=1S/C22H25IN2O4/c1-21(2,3)29-20(28)24-14-11-15-17(16(23)12-14)19(27)25(18(15)26)22(4,5)13-9-7-6-8-10-13/h6-12,18,26H,1-5H3,(H,24,28). The van der Waals surface area contributed by atoms with Crippen LogP contribution in [0.2, 0.25) is 0 Å². The topological polar surface area (TPSA) is 78.9 Å². The molecule has 7 heteroatoms. The van der Waals surface area contributed by atoms with Crippen molar-refractivity contribution in [3.05, 3.63) is 62.7 Å². The summed E-state index contributed by atoms with van der Waals surface area (Å²) in [4.78, 5) is 26.8. The van der Waals surface area contributed by atoms with E-state index >= 15 is 0 Å². The lowest BCUT2D eigenvalue weighted by Crippen LogP contribution is -2.44. The van der Waals surface area contributed by atoms with Gasteiger partial charge >= 0.3 is 6.09 Å². The first kappa shape index (κ1) is 21.6. The molecule has 0 aliphatic carbocycles. The molecule has 1 atom stereocenters. The Labute approximate surface area is 184 Å². The zero-order valence-corrected chi connectivity index (χ0v) is 19.3. The average molecular weight is 508 g/mol. The van der Waals surface area contributed by atoms with Crippen molar-refractivity contribution >= 4 is 40.3 Å². The number of benzene rings is 2. The Morgan fingerprint density at radius 3 is 2.34 bits per heavy atom. The molecule has 1 aliphatic rings. The number of rotatable bonds is 3. The minimum absolute atomic E-state index is 0.241. The molecule has 0 radical (unpaired) electrons. The van der Waals surface area contributed by atoms with Crippen molar-refractivity contribution in [2.45, 2.75) is 52.0 Å². The van der Waals surface area contributed by atoms with Crippen molar-refractivity contribution < 1.29 is 19.4 Å². The summed E-state index contributed by atoms with van der Waals surface area (Å²) in [6.07, 6.45) is -1.71. The number of hydrogen-bond acceptors (Lipinski definition) is 4. The second kappa shape index (κ2) is 7.60. The van der Waals surface area contributed by atoms with E-state index in [0.717, 1.165) is 5.56 Å². The lowest BCUT2D eigenvalue weighted by molar-refractivity contribution is -0.0305. The van der Waals surface area contributed by atoms with Gasteiger partial charge in [0, 0.05) is 14.8 Å². The largest absolute Gasteiger partial charge is 0.444 e. The summed E-state index contributed by atoms with van der Waals surface area (Å²) in [6.45, 7) is 9.16. The van der Waals surface area contributed by atoms with Crippen LogP contribution in [-0.2, 0) is 10.3 Å². The van der Waals surface area contributed by atoms with Gasteiger partial charge in [0.1, 0.15) is 5.60 Å². The van der Waals surface area contributed by atoms with E-state index in [0.29, 0.717) is 20.4 Å². The third-order valence-corrected chi connectivity index (χ3v) is 5.65. The van der Waals surface area contributed by atoms with Crippen molar-refractivity contribution in [3.8, 4) is 0 Å². The molecule has 2 aromatic rings. The van der Waals surface area contributed by atoms with Gasteiger partial charge in [-0.2, -0.15) is 0 Å². The van der Waals surface area contributed by atoms with Crippen LogP contribution in [0.3, 0.4) is 0 Å². The Bertz CT molecular complexity index is 951. The maximum atomic E-state index is 13.2. The predicted molar refractivity (Wildman–Crippen MR) is 120 cm³/mol. The molecule has 3 rings (SSSR count). The summed E-state index contributed by atoms with van der Waals surface area (Å²) in [5.74, 6) is -0.241. The van der Waals surface area contributed by atoms with Crippen LogP contribution in [0.5, 0.6) is 0 Å². The number of nitrogens with zero attached hydrogens (tertiary/aromatic N) is 1. The maximum absolute atomic E-state index is 13.2. The normalized spacial score (nSPS) is 16.6. The zero-order valence-electron chi connectivity index (χ0n) is 17.1. The smallest absolute Gasteiger partial charge is 0.412 e. The number of ether oxygens (including phenoxy) is 1. The maximum Gasteiger partial charge on any atom is 0.412 e. The van der Waals surface area contributed by atoms with E-state index in [2.05, 4.69) is 27.9 Å². The molecule has 2 N–H and O–H groups in total. The molecule has 0 spiro atoms. The molecular weight excluding hydrogens is 483 g/mol. The molecule has 29 heavy (non-hydrogen) atoms. The molecule has 2 aromatic carbocycles. The van der Waals surface area contributed by atoms with E-state index in [1.54, 1.807) is 32.9 Å². The average Bonchev–Trinajstić information content (AvgIpc) is 2.85. The second-order valence-corrected chi connectivity index (χ2v) is 9.69. The van der Waals surface area contributed by atoms with Gasteiger partial charge in [0.25, 0.3) is 5.91 Å². The van der Waals surface area contributed by atoms with Crippen LogP contribution in [0.4, 0.5) is 10.5 Å². The highest BCUT2D eigenvalue weighted by molar-refractivity contribution is 14.1. The highest BCUT2D eigenvalue weighted by Crippen LogP contribution is 2.44. The van der Waals surface area contributed by atoms with Crippen LogP contribution < -0.4 is 5.32 Å². The van der Waals surface area contributed by atoms with Gasteiger partial charge in [-0.1, -0.05) is 30.3 Å². The third kappa shape index (κ3) is 4.25. The summed E-state index contributed by atoms with van der Waals surface area (Å²) >= 11 is 2.05. The molecular formula is C22H25IN2O4. The minimum atomic E-state index is -1.12. The quantitative estimate of drug-likeness (QED) is 0.571. The van der Waals surface area contributed by atoms with Gasteiger partial charge in [-0.25, -0.2) is 4.79 Å². The number of aliphatic hydroxyl groups is 1. The number of fused-ring (bicyclic) bond motifs is 1. The van der Waals surface area contributed by atoms with Gasteiger partial charge < -0.3 is 9.84 Å². The fraction of sp³-hybridized carbons (Fsp3) is 0.364. The van der Waals surface area contributed by atoms with Gasteiger partial charge in [-0.3, -0.25) is 15.0 Å². The van der Waals surface area contributed by atoms with Gasteiger partial charge in [0.2, 0.25) is 0 Å². The van der Waals surface area contributed by atoms with Gasteiger partial charge in [-0.05, 0) is 74.9 Å². The number of hydrogen-bond donors (Lipinski definition) is 2. The fourth-order valence-corrected chi connectivity index (χ4v) is 4.34. The summed E-state index contributed by atoms with van der Waals surface area (Å²) in [7, 11) is 0. The molecule has 154 valence electrons. The highest BCUT2D eigenvalue weighted by atomic mass is 127. The SMILES string of the molecule is CC(C)(C)OC(=O)Nc1cc(I)c2c(c1)C(O)N(C(C)(C)c1ccccc1)C2=O. The summed E-state index contributed by atoms with van der Waals surface area (Å²) in [5, 5.41) is 13.7. The molecule has 6 nitrogen and oxygen atoms in total. The summed E-state index contributed by atoms with van der Waals surface area (Å²) < 4.78 is 5.94. The first-order valence-electron chi connectivity index (χ1n) is 9.32. The number of nitrogens with one attached hydrogen (secondary N) is 1. The molecule has 0 bridgehead atoms. The molecule has 0 fully saturated rings. The number of halogens is 1. The number of amides is 2. The Balaban J connectivity index is 1.94. The monoisotopic (exact) mass is 508 g/mol. The molecule has 0 saturated heterocycles. The first-order chi connectivity index (χ1) is 13.4. The van der Waals surface area contributed by atoms with Crippen LogP contribution in [0.25, 0.3) is 0 Å². The van der Waals surface area contributed by atoms with E-state index in [9.17, 15) is 14.7 Å². The minimum Gasteiger partial charge on any atom is -0.444 e. The molecule has 1 aliphatic heterocycles. The van der Waals surface area contributed by atoms with Crippen LogP contribution >= 0.6 is 22.6 Å². The Morgan fingerprint density at radius 1 is 1.14 bits per heavy atom. The van der Waals surface area contributed by atoms with E-state index in [1.165, 1.54) is 4.90 Å². The lowest BCUT2D eigenvalue weighted by Gasteiger charge is -2.38. The van der Waals surface area contributed by atoms with E-state index < -0.39 is 23.5 Å². The summed E-state index contributed by atoms with van der Waals surface area (Å²) in [5.41, 5.74) is 0.961. The van der Waals surface area contributed by atoms with Crippen molar-refractivity contribution in [1.82, 2.24) is 4.90 Å². The van der Waals surface area contributed by atoms with Crippen LogP contribution in [0, 0.1) is 3.57 Å². The van der Waals surface area contributed by atoms with Gasteiger partial charge in [0.15, 0.2) is 6.23 Å². The van der Waals surface area contributed by atoms with Crippen molar-refractivity contribution in [2.75, 3.05) is 5.32 Å². The van der Waals surface area contributed by atoms with Crippen LogP contribution in [0.15, 0.2) is 42.5 Å². The van der Waals surface area contributed by atoms with Crippen LogP contribution in [-0.4, -0.2) is 27.6 Å². The van der Waals surface area contributed by atoms with E-state index in [-0.39, 0.29) is 5.91 Å². The number of carbonyl (C=O) groups excluding carboxylic acids is 2. The predicted octanol–water partition coefficient (Wildman–Crippen LogP) is 5.02. The molecule has 0 saturated carbocycles. The van der Waals surface area contributed by atoms with E-state index in [4.69, 9.17) is 4.74 Å². The highest BCUT2D eigenvalue weighted by Gasteiger charge is 2.45. The van der Waals surface area contributed by atoms with Crippen molar-refractivity contribution in [3.63, 3.8) is 0 Å². The molecule has 1 unspecified atom stereocenters. The third-order valence-electron chi connectivity index (χ3n) is 4.80. The van der Waals surface area contributed by atoms with Crippen LogP contribution in [0.1, 0.15) is 62.3 Å². The van der Waals surface area contributed by atoms with Crippen molar-refractivity contribution in [1.29, 1.82) is 0 Å². The summed E-state index contributed by atoms with van der Waals surface area (Å²) in [6, 6.07) is 12.9. The molecule has 2 amide bonds. The van der Waals surface area contributed by atoms with E-state index in [1.807, 2.05) is 44.2 Å². The molecule has 1 heterocycles. The van der Waals surface area contributed by atoms with Gasteiger partial charge in [0.05, 0.1) is 11.1 Å². The molecule has 0 aromatic heterocycles. The number of aliphatic hydroxyl groups excluding tert-OH is 1. The first-order valence-corrected chi connectivity index (χ1v) is 10.4.